The smallest absolute Gasteiger partial charge is 0.157 e. The molecule has 1 aromatic rings. The topological polar surface area (TPSA) is 56.0 Å². The Balaban J connectivity index is 2.47. The van der Waals surface area contributed by atoms with Crippen LogP contribution < -0.4 is 5.73 Å². The Labute approximate surface area is 81.0 Å². The Bertz CT molecular complexity index is 313. The van der Waals surface area contributed by atoms with Gasteiger partial charge < -0.3 is 5.73 Å². The Kier molecular flexibility index (Phi) is 3.62. The van der Waals surface area contributed by atoms with E-state index in [4.69, 9.17) is 12.2 Å². The van der Waals surface area contributed by atoms with Crippen molar-refractivity contribution in [2.75, 3.05) is 0 Å². The first-order valence-corrected chi connectivity index (χ1v) is 4.72. The Hall–Kier alpha value is -1.18. The van der Waals surface area contributed by atoms with Crippen LogP contribution in [0.3, 0.4) is 0 Å². The summed E-state index contributed by atoms with van der Waals surface area (Å²) in [6, 6.07) is -0.547. The number of nitrogens with zero attached hydrogens (tertiary/aromatic N) is 1. The standard InChI is InChI=1S/C9H10N2OS/c1-2-3-7(10)8(12)6-9-11-4-5-13-9/h1,4-5,7H,3,6,10H2. The lowest BCUT2D eigenvalue weighted by atomic mass is 10.1. The van der Waals surface area contributed by atoms with Crippen LogP contribution in [0.5, 0.6) is 0 Å². The fraction of sp³-hybridized carbons (Fsp3) is 0.333. The number of nitrogens with two attached hydrogens (primary N) is 1. The number of Topliss-reactive ketones (excluding diaryl/α,β-unsaturated/α-hetero) is 1. The van der Waals surface area contributed by atoms with Crippen molar-refractivity contribution in [1.82, 2.24) is 4.98 Å². The first-order valence-electron chi connectivity index (χ1n) is 3.84. The SMILES string of the molecule is C#CCC(N)C(=O)Cc1nccs1. The molecule has 0 amide bonds. The van der Waals surface area contributed by atoms with Gasteiger partial charge in [0.15, 0.2) is 5.78 Å². The minimum absolute atomic E-state index is 0.0482. The normalized spacial score (nSPS) is 12.0. The van der Waals surface area contributed by atoms with Gasteiger partial charge in [-0.05, 0) is 0 Å². The van der Waals surface area contributed by atoms with Gasteiger partial charge in [0.2, 0.25) is 0 Å². The lowest BCUT2D eigenvalue weighted by Crippen LogP contribution is -2.31. The first kappa shape index (κ1) is 9.90. The quantitative estimate of drug-likeness (QED) is 0.714. The molecule has 0 radical (unpaired) electrons. The van der Waals surface area contributed by atoms with Gasteiger partial charge in [0.25, 0.3) is 0 Å². The van der Waals surface area contributed by atoms with Crippen LogP contribution in [-0.4, -0.2) is 16.8 Å². The largest absolute Gasteiger partial charge is 0.321 e. The molecule has 4 heteroatoms. The van der Waals surface area contributed by atoms with Crippen molar-refractivity contribution in [1.29, 1.82) is 0 Å². The summed E-state index contributed by atoms with van der Waals surface area (Å²) >= 11 is 1.45. The molecule has 1 rings (SSSR count). The lowest BCUT2D eigenvalue weighted by Gasteiger charge is -2.04. The highest BCUT2D eigenvalue weighted by atomic mass is 32.1. The monoisotopic (exact) mass is 194 g/mol. The molecule has 1 heterocycles. The molecule has 13 heavy (non-hydrogen) atoms. The zero-order chi connectivity index (χ0) is 9.68. The average molecular weight is 194 g/mol. The third-order valence-corrected chi connectivity index (χ3v) is 2.34. The van der Waals surface area contributed by atoms with E-state index in [1.54, 1.807) is 6.20 Å². The molecule has 1 aromatic heterocycles. The summed E-state index contributed by atoms with van der Waals surface area (Å²) in [5, 5.41) is 2.62. The average Bonchev–Trinajstić information content (AvgIpc) is 2.57. The van der Waals surface area contributed by atoms with Crippen LogP contribution in [0.2, 0.25) is 0 Å². The second-order valence-corrected chi connectivity index (χ2v) is 3.56. The van der Waals surface area contributed by atoms with Gasteiger partial charge in [0.1, 0.15) is 0 Å². The highest BCUT2D eigenvalue weighted by molar-refractivity contribution is 7.09. The van der Waals surface area contributed by atoms with Crippen LogP contribution in [0.15, 0.2) is 11.6 Å². The van der Waals surface area contributed by atoms with Gasteiger partial charge in [0.05, 0.1) is 17.5 Å². The number of rotatable bonds is 4. The Morgan fingerprint density at radius 1 is 1.85 bits per heavy atom. The van der Waals surface area contributed by atoms with Gasteiger partial charge in [-0.2, -0.15) is 0 Å². The van der Waals surface area contributed by atoms with E-state index in [9.17, 15) is 4.79 Å². The molecular weight excluding hydrogens is 184 g/mol. The third-order valence-electron chi connectivity index (χ3n) is 1.56. The number of carbonyl (C=O) groups excluding carboxylic acids is 1. The van der Waals surface area contributed by atoms with Crippen LogP contribution in [0.4, 0.5) is 0 Å². The highest BCUT2D eigenvalue weighted by Crippen LogP contribution is 2.06. The summed E-state index contributed by atoms with van der Waals surface area (Å²) in [6.45, 7) is 0. The van der Waals surface area contributed by atoms with E-state index >= 15 is 0 Å². The van der Waals surface area contributed by atoms with Crippen molar-refractivity contribution in [3.63, 3.8) is 0 Å². The fourth-order valence-electron chi connectivity index (χ4n) is 0.861. The molecule has 0 bridgehead atoms. The van der Waals surface area contributed by atoms with Crippen LogP contribution in [0.1, 0.15) is 11.4 Å². The maximum absolute atomic E-state index is 11.3. The molecule has 0 aliphatic carbocycles. The molecule has 1 atom stereocenters. The molecule has 0 aromatic carbocycles. The number of ketones is 1. The third kappa shape index (κ3) is 2.98. The first-order chi connectivity index (χ1) is 6.24. The summed E-state index contributed by atoms with van der Waals surface area (Å²) in [5.74, 6) is 2.32. The van der Waals surface area contributed by atoms with E-state index in [0.29, 0.717) is 12.8 Å². The van der Waals surface area contributed by atoms with Crippen molar-refractivity contribution in [2.45, 2.75) is 18.9 Å². The maximum Gasteiger partial charge on any atom is 0.157 e. The number of hydrogen-bond acceptors (Lipinski definition) is 4. The second-order valence-electron chi connectivity index (χ2n) is 2.58. The molecule has 1 unspecified atom stereocenters. The molecule has 0 saturated carbocycles. The van der Waals surface area contributed by atoms with Gasteiger partial charge in [-0.15, -0.1) is 23.7 Å². The molecule has 0 spiro atoms. The number of hydrogen-bond donors (Lipinski definition) is 1. The van der Waals surface area contributed by atoms with E-state index in [-0.39, 0.29) is 5.78 Å². The summed E-state index contributed by atoms with van der Waals surface area (Å²) in [6.07, 6.45) is 7.30. The fourth-order valence-corrected chi connectivity index (χ4v) is 1.49. The van der Waals surface area contributed by atoms with Gasteiger partial charge in [-0.25, -0.2) is 4.98 Å². The molecule has 0 aliphatic heterocycles. The van der Waals surface area contributed by atoms with Crippen molar-refractivity contribution in [2.24, 2.45) is 5.73 Å². The summed E-state index contributed by atoms with van der Waals surface area (Å²) < 4.78 is 0. The summed E-state index contributed by atoms with van der Waals surface area (Å²) in [7, 11) is 0. The van der Waals surface area contributed by atoms with Gasteiger partial charge >= 0.3 is 0 Å². The molecule has 3 nitrogen and oxygen atoms in total. The molecule has 2 N–H and O–H groups in total. The predicted octanol–water partition coefficient (Wildman–Crippen LogP) is 0.605. The zero-order valence-corrected chi connectivity index (χ0v) is 7.88. The van der Waals surface area contributed by atoms with Crippen LogP contribution in [0, 0.1) is 12.3 Å². The zero-order valence-electron chi connectivity index (χ0n) is 7.06. The second kappa shape index (κ2) is 4.75. The number of carbonyl (C=O) groups is 1. The van der Waals surface area contributed by atoms with Gasteiger partial charge in [-0.3, -0.25) is 4.79 Å². The van der Waals surface area contributed by atoms with Crippen molar-refractivity contribution < 1.29 is 4.79 Å². The van der Waals surface area contributed by atoms with Gasteiger partial charge in [-0.1, -0.05) is 0 Å². The molecule has 0 fully saturated rings. The summed E-state index contributed by atoms with van der Waals surface area (Å²) in [5.41, 5.74) is 5.53. The Morgan fingerprint density at radius 3 is 3.15 bits per heavy atom. The maximum atomic E-state index is 11.3. The molecule has 0 saturated heterocycles. The molecular formula is C9H10N2OS. The predicted molar refractivity (Wildman–Crippen MR) is 52.3 cm³/mol. The lowest BCUT2D eigenvalue weighted by molar-refractivity contribution is -0.119. The van der Waals surface area contributed by atoms with Crippen molar-refractivity contribution >= 4 is 17.1 Å². The highest BCUT2D eigenvalue weighted by Gasteiger charge is 2.13. The number of terminal acetylenes is 1. The van der Waals surface area contributed by atoms with E-state index in [0.717, 1.165) is 5.01 Å². The van der Waals surface area contributed by atoms with Crippen LogP contribution in [-0.2, 0) is 11.2 Å². The van der Waals surface area contributed by atoms with E-state index in [2.05, 4.69) is 10.9 Å². The van der Waals surface area contributed by atoms with Crippen LogP contribution >= 0.6 is 11.3 Å². The van der Waals surface area contributed by atoms with Crippen molar-refractivity contribution in [3.05, 3.63) is 16.6 Å². The number of thiazole rings is 1. The van der Waals surface area contributed by atoms with E-state index in [1.165, 1.54) is 11.3 Å². The van der Waals surface area contributed by atoms with Crippen molar-refractivity contribution in [3.8, 4) is 12.3 Å². The minimum atomic E-state index is -0.547. The van der Waals surface area contributed by atoms with E-state index in [1.807, 2.05) is 5.38 Å². The Morgan fingerprint density at radius 2 is 2.62 bits per heavy atom. The molecule has 0 aliphatic rings. The van der Waals surface area contributed by atoms with Crippen LogP contribution in [0.25, 0.3) is 0 Å². The number of aromatic nitrogens is 1. The minimum Gasteiger partial charge on any atom is -0.321 e. The molecule has 68 valence electrons. The van der Waals surface area contributed by atoms with Gasteiger partial charge in [0, 0.05) is 18.0 Å². The van der Waals surface area contributed by atoms with E-state index < -0.39 is 6.04 Å². The summed E-state index contributed by atoms with van der Waals surface area (Å²) in [4.78, 5) is 15.3.